The minimum Gasteiger partial charge on any atom is -0.477 e. The van der Waals surface area contributed by atoms with Crippen LogP contribution in [-0.4, -0.2) is 44.0 Å². The van der Waals surface area contributed by atoms with Gasteiger partial charge < -0.3 is 10.8 Å². The molecule has 2 atom stereocenters. The summed E-state index contributed by atoms with van der Waals surface area (Å²) in [7, 11) is 0. The number of carboxylic acids is 1. The van der Waals surface area contributed by atoms with Crippen molar-refractivity contribution in [2.24, 2.45) is 5.73 Å². The maximum atomic E-state index is 11.8. The van der Waals surface area contributed by atoms with Crippen LogP contribution in [0.5, 0.6) is 0 Å². The van der Waals surface area contributed by atoms with Crippen LogP contribution in [0.25, 0.3) is 0 Å². The van der Waals surface area contributed by atoms with Gasteiger partial charge in [0.1, 0.15) is 17.1 Å². The van der Waals surface area contributed by atoms with Crippen LogP contribution in [0.4, 0.5) is 0 Å². The first-order valence-corrected chi connectivity index (χ1v) is 8.42. The van der Waals surface area contributed by atoms with E-state index in [4.69, 9.17) is 5.73 Å². The predicted octanol–water partition coefficient (Wildman–Crippen LogP) is 1.27. The summed E-state index contributed by atoms with van der Waals surface area (Å²) in [6, 6.07) is 3.13. The van der Waals surface area contributed by atoms with Crippen molar-refractivity contribution in [3.05, 3.63) is 47.3 Å². The Morgan fingerprint density at radius 3 is 2.91 bits per heavy atom. The Kier molecular flexibility index (Phi) is 4.23. The molecule has 0 radical (unpaired) electrons. The van der Waals surface area contributed by atoms with Gasteiger partial charge in [-0.3, -0.25) is 14.7 Å². The van der Waals surface area contributed by atoms with E-state index in [1.807, 2.05) is 17.5 Å². The number of carbonyl (C=O) groups excluding carboxylic acids is 1. The topological polar surface area (TPSA) is 96.5 Å². The summed E-state index contributed by atoms with van der Waals surface area (Å²) in [5, 5.41) is 11.0. The molecule has 0 aromatic carbocycles. The Morgan fingerprint density at radius 2 is 2.23 bits per heavy atom. The number of thioether (sulfide) groups is 2. The number of carbonyl (C=O) groups is 2. The van der Waals surface area contributed by atoms with Gasteiger partial charge in [-0.1, -0.05) is 11.8 Å². The SMILES string of the molecule is N[C@@H]1C(=O)N2C(C(=O)O)=C(/C=C/Sc3ccncc3)CS[C@@H]12. The molecule has 1 aromatic rings. The molecular formula is C14H13N3O3S2. The van der Waals surface area contributed by atoms with Crippen molar-refractivity contribution in [1.29, 1.82) is 0 Å². The van der Waals surface area contributed by atoms with E-state index in [0.29, 0.717) is 11.3 Å². The number of pyridine rings is 1. The highest BCUT2D eigenvalue weighted by atomic mass is 32.2. The third kappa shape index (κ3) is 2.65. The quantitative estimate of drug-likeness (QED) is 0.632. The van der Waals surface area contributed by atoms with E-state index in [0.717, 1.165) is 4.90 Å². The van der Waals surface area contributed by atoms with Crippen LogP contribution in [0, 0.1) is 0 Å². The maximum Gasteiger partial charge on any atom is 0.352 e. The van der Waals surface area contributed by atoms with Gasteiger partial charge in [-0.25, -0.2) is 4.79 Å². The molecule has 1 aromatic heterocycles. The van der Waals surface area contributed by atoms with Crippen LogP contribution in [-0.2, 0) is 9.59 Å². The molecule has 0 spiro atoms. The maximum absolute atomic E-state index is 11.8. The summed E-state index contributed by atoms with van der Waals surface area (Å²) >= 11 is 2.95. The molecule has 2 aliphatic heterocycles. The second kappa shape index (κ2) is 6.15. The highest BCUT2D eigenvalue weighted by molar-refractivity contribution is 8.02. The van der Waals surface area contributed by atoms with Gasteiger partial charge in [0.05, 0.1) is 0 Å². The minimum absolute atomic E-state index is 0.0435. The Hall–Kier alpha value is -1.77. The Bertz CT molecular complexity index is 675. The van der Waals surface area contributed by atoms with Crippen molar-refractivity contribution < 1.29 is 14.7 Å². The van der Waals surface area contributed by atoms with Gasteiger partial charge in [0.2, 0.25) is 5.91 Å². The molecule has 6 nitrogen and oxygen atoms in total. The number of nitrogens with two attached hydrogens (primary N) is 1. The van der Waals surface area contributed by atoms with Crippen molar-refractivity contribution in [3.63, 3.8) is 0 Å². The Labute approximate surface area is 135 Å². The van der Waals surface area contributed by atoms with Gasteiger partial charge in [0.25, 0.3) is 0 Å². The van der Waals surface area contributed by atoms with Gasteiger partial charge in [0.15, 0.2) is 0 Å². The zero-order valence-corrected chi connectivity index (χ0v) is 13.0. The first-order chi connectivity index (χ1) is 10.6. The smallest absolute Gasteiger partial charge is 0.352 e. The van der Waals surface area contributed by atoms with Crippen LogP contribution in [0.1, 0.15) is 0 Å². The summed E-state index contributed by atoms with van der Waals surface area (Å²) in [6.07, 6.45) is 5.13. The summed E-state index contributed by atoms with van der Waals surface area (Å²) in [4.78, 5) is 29.5. The van der Waals surface area contributed by atoms with Gasteiger partial charge >= 0.3 is 5.97 Å². The first kappa shape index (κ1) is 15.1. The van der Waals surface area contributed by atoms with Crippen LogP contribution in [0.3, 0.4) is 0 Å². The number of fused-ring (bicyclic) bond motifs is 1. The summed E-state index contributed by atoms with van der Waals surface area (Å²) in [6.45, 7) is 0. The normalized spacial score (nSPS) is 24.4. The number of β-lactam (4-membered cyclic amide) rings is 1. The van der Waals surface area contributed by atoms with E-state index in [1.54, 1.807) is 18.5 Å². The molecular weight excluding hydrogens is 322 g/mol. The van der Waals surface area contributed by atoms with Crippen LogP contribution in [0.2, 0.25) is 0 Å². The van der Waals surface area contributed by atoms with Crippen LogP contribution >= 0.6 is 23.5 Å². The monoisotopic (exact) mass is 335 g/mol. The number of aromatic nitrogens is 1. The number of nitrogens with zero attached hydrogens (tertiary/aromatic N) is 2. The van der Waals surface area contributed by atoms with E-state index in [9.17, 15) is 14.7 Å². The third-order valence-corrected chi connectivity index (χ3v) is 5.50. The average Bonchev–Trinajstić information content (AvgIpc) is 2.54. The van der Waals surface area contributed by atoms with Gasteiger partial charge in [-0.05, 0) is 29.2 Å². The molecule has 1 amide bonds. The van der Waals surface area contributed by atoms with Gasteiger partial charge in [0, 0.05) is 23.0 Å². The van der Waals surface area contributed by atoms with E-state index >= 15 is 0 Å². The molecule has 0 aliphatic carbocycles. The van der Waals surface area contributed by atoms with Crippen molar-refractivity contribution in [1.82, 2.24) is 9.88 Å². The molecule has 8 heteroatoms. The molecule has 0 saturated carbocycles. The highest BCUT2D eigenvalue weighted by Crippen LogP contribution is 2.40. The largest absolute Gasteiger partial charge is 0.477 e. The second-order valence-electron chi connectivity index (χ2n) is 4.72. The van der Waals surface area contributed by atoms with Gasteiger partial charge in [-0.15, -0.1) is 11.8 Å². The standard InChI is InChI=1S/C14H13N3O3S2/c15-10-12(18)17-11(14(19)20)8(7-22-13(10)17)3-6-21-9-1-4-16-5-2-9/h1-6,10,13H,7,15H2,(H,19,20)/b6-3+/t10-,13+/m1/s1. The lowest BCUT2D eigenvalue weighted by molar-refractivity contribution is -0.147. The lowest BCUT2D eigenvalue weighted by atomic mass is 10.0. The lowest BCUT2D eigenvalue weighted by Gasteiger charge is -2.47. The Balaban J connectivity index is 1.81. The van der Waals surface area contributed by atoms with Crippen molar-refractivity contribution in [3.8, 4) is 0 Å². The zero-order valence-electron chi connectivity index (χ0n) is 11.4. The van der Waals surface area contributed by atoms with Crippen LogP contribution in [0.15, 0.2) is 52.2 Å². The zero-order chi connectivity index (χ0) is 15.7. The molecule has 22 heavy (non-hydrogen) atoms. The molecule has 0 bridgehead atoms. The highest BCUT2D eigenvalue weighted by Gasteiger charge is 2.51. The fourth-order valence-corrected chi connectivity index (χ4v) is 4.21. The molecule has 3 N–H and O–H groups in total. The lowest BCUT2D eigenvalue weighted by Crippen LogP contribution is -2.68. The first-order valence-electron chi connectivity index (χ1n) is 6.49. The second-order valence-corrected chi connectivity index (χ2v) is 6.80. The molecule has 0 unspecified atom stereocenters. The number of hydrogen-bond donors (Lipinski definition) is 2. The van der Waals surface area contributed by atoms with E-state index in [1.165, 1.54) is 28.4 Å². The molecule has 3 heterocycles. The van der Waals surface area contributed by atoms with Gasteiger partial charge in [-0.2, -0.15) is 0 Å². The van der Waals surface area contributed by atoms with Crippen molar-refractivity contribution in [2.75, 3.05) is 5.75 Å². The number of aliphatic carboxylic acids is 1. The number of rotatable bonds is 4. The molecule has 3 rings (SSSR count). The van der Waals surface area contributed by atoms with Crippen molar-refractivity contribution in [2.45, 2.75) is 16.3 Å². The van der Waals surface area contributed by atoms with E-state index in [2.05, 4.69) is 4.98 Å². The van der Waals surface area contributed by atoms with E-state index < -0.39 is 12.0 Å². The predicted molar refractivity (Wildman–Crippen MR) is 85.0 cm³/mol. The molecule has 1 saturated heterocycles. The number of allylic oxidation sites excluding steroid dienone is 1. The molecule has 114 valence electrons. The number of carboxylic acid groups (broad SMARTS) is 1. The molecule has 1 fully saturated rings. The summed E-state index contributed by atoms with van der Waals surface area (Å²) in [5.41, 5.74) is 6.37. The fourth-order valence-electron chi connectivity index (χ4n) is 2.28. The summed E-state index contributed by atoms with van der Waals surface area (Å²) < 4.78 is 0. The fraction of sp³-hybridized carbons (Fsp3) is 0.214. The number of hydrogen-bond acceptors (Lipinski definition) is 6. The Morgan fingerprint density at radius 1 is 1.50 bits per heavy atom. The third-order valence-electron chi connectivity index (χ3n) is 3.36. The van der Waals surface area contributed by atoms with Crippen molar-refractivity contribution >= 4 is 35.4 Å². The van der Waals surface area contributed by atoms with Crippen LogP contribution < -0.4 is 5.73 Å². The molecule has 2 aliphatic rings. The summed E-state index contributed by atoms with van der Waals surface area (Å²) in [5.74, 6) is -0.904. The average molecular weight is 335 g/mol. The number of amides is 1. The van der Waals surface area contributed by atoms with E-state index in [-0.39, 0.29) is 17.0 Å². The minimum atomic E-state index is -1.10.